The minimum Gasteiger partial charge on any atom is -0.497 e. The zero-order valence-corrected chi connectivity index (χ0v) is 15.1. The molecule has 0 unspecified atom stereocenters. The van der Waals surface area contributed by atoms with Crippen molar-refractivity contribution in [3.8, 4) is 11.5 Å². The van der Waals surface area contributed by atoms with Crippen molar-refractivity contribution >= 4 is 23.5 Å². The summed E-state index contributed by atoms with van der Waals surface area (Å²) in [6.07, 6.45) is 1.69. The lowest BCUT2D eigenvalue weighted by Gasteiger charge is -2.10. The maximum atomic E-state index is 6.12. The summed E-state index contributed by atoms with van der Waals surface area (Å²) in [4.78, 5) is 0. The molecule has 1 N–H and O–H groups in total. The molecule has 0 heterocycles. The Bertz CT molecular complexity index is 882. The van der Waals surface area contributed by atoms with E-state index in [0.29, 0.717) is 17.4 Å². The molecule has 3 aromatic rings. The predicted molar refractivity (Wildman–Crippen MR) is 106 cm³/mol. The lowest BCUT2D eigenvalue weighted by atomic mass is 10.2. The molecule has 0 spiro atoms. The number of rotatable bonds is 7. The first-order chi connectivity index (χ1) is 12.7. The lowest BCUT2D eigenvalue weighted by molar-refractivity contribution is 0.305. The van der Waals surface area contributed by atoms with Crippen LogP contribution < -0.4 is 14.9 Å². The lowest BCUT2D eigenvalue weighted by Crippen LogP contribution is -1.99. The summed E-state index contributed by atoms with van der Waals surface area (Å²) >= 11 is 6.12. The molecule has 0 radical (unpaired) electrons. The highest BCUT2D eigenvalue weighted by atomic mass is 35.5. The second kappa shape index (κ2) is 8.92. The Labute approximate surface area is 158 Å². The Balaban J connectivity index is 1.71. The van der Waals surface area contributed by atoms with Crippen molar-refractivity contribution in [1.82, 2.24) is 0 Å². The molecule has 0 fully saturated rings. The third-order valence-electron chi connectivity index (χ3n) is 3.67. The minimum absolute atomic E-state index is 0.422. The first-order valence-electron chi connectivity index (χ1n) is 8.14. The normalized spacial score (nSPS) is 10.7. The number of methoxy groups -OCH3 is 1. The largest absolute Gasteiger partial charge is 0.497 e. The van der Waals surface area contributed by atoms with Crippen molar-refractivity contribution in [3.63, 3.8) is 0 Å². The summed E-state index contributed by atoms with van der Waals surface area (Å²) in [7, 11) is 1.65. The summed E-state index contributed by atoms with van der Waals surface area (Å²) < 4.78 is 11.2. The second-order valence-corrected chi connectivity index (χ2v) is 5.99. The van der Waals surface area contributed by atoms with Crippen molar-refractivity contribution in [2.75, 3.05) is 12.5 Å². The molecular weight excluding hydrogens is 348 g/mol. The number of nitrogens with zero attached hydrogens (tertiary/aromatic N) is 1. The first-order valence-corrected chi connectivity index (χ1v) is 8.52. The molecule has 4 nitrogen and oxygen atoms in total. The number of para-hydroxylation sites is 1. The Morgan fingerprint density at radius 3 is 2.65 bits per heavy atom. The van der Waals surface area contributed by atoms with Crippen molar-refractivity contribution in [2.45, 2.75) is 6.61 Å². The summed E-state index contributed by atoms with van der Waals surface area (Å²) in [6, 6.07) is 22.9. The molecule has 0 saturated heterocycles. The van der Waals surface area contributed by atoms with Gasteiger partial charge >= 0.3 is 0 Å². The van der Waals surface area contributed by atoms with Crippen LogP contribution >= 0.6 is 11.6 Å². The van der Waals surface area contributed by atoms with Gasteiger partial charge in [-0.3, -0.25) is 5.43 Å². The highest BCUT2D eigenvalue weighted by Gasteiger charge is 2.04. The van der Waals surface area contributed by atoms with E-state index in [1.165, 1.54) is 0 Å². The number of anilines is 1. The van der Waals surface area contributed by atoms with E-state index in [2.05, 4.69) is 10.5 Å². The van der Waals surface area contributed by atoms with Crippen LogP contribution in [0.15, 0.2) is 77.9 Å². The average molecular weight is 367 g/mol. The fraction of sp³-hybridized carbons (Fsp3) is 0.0952. The number of hydrogen-bond donors (Lipinski definition) is 1. The number of nitrogens with one attached hydrogen (secondary N) is 1. The molecule has 132 valence electrons. The van der Waals surface area contributed by atoms with Gasteiger partial charge in [-0.2, -0.15) is 5.10 Å². The molecule has 0 saturated carbocycles. The van der Waals surface area contributed by atoms with E-state index in [1.54, 1.807) is 19.4 Å². The molecule has 0 aromatic heterocycles. The fourth-order valence-corrected chi connectivity index (χ4v) is 2.54. The molecule has 0 atom stereocenters. The third kappa shape index (κ3) is 5.01. The van der Waals surface area contributed by atoms with Crippen LogP contribution in [0, 0.1) is 0 Å². The van der Waals surface area contributed by atoms with Gasteiger partial charge < -0.3 is 9.47 Å². The van der Waals surface area contributed by atoms with Crippen LogP contribution in [0.3, 0.4) is 0 Å². The monoisotopic (exact) mass is 366 g/mol. The Kier molecular flexibility index (Phi) is 6.12. The first kappa shape index (κ1) is 17.8. The zero-order valence-electron chi connectivity index (χ0n) is 14.4. The van der Waals surface area contributed by atoms with Gasteiger partial charge in [0.05, 0.1) is 19.0 Å². The molecule has 26 heavy (non-hydrogen) atoms. The van der Waals surface area contributed by atoms with Gasteiger partial charge in [-0.1, -0.05) is 41.9 Å². The molecule has 0 aliphatic carbocycles. The molecule has 0 aliphatic rings. The number of ether oxygens (including phenoxy) is 2. The molecule has 3 aromatic carbocycles. The van der Waals surface area contributed by atoms with Crippen molar-refractivity contribution in [2.24, 2.45) is 5.10 Å². The standard InChI is InChI=1S/C21H19ClN2O2/c1-25-20-9-5-6-16(12-20)15-26-21-11-10-18(22)13-17(21)14-23-24-19-7-3-2-4-8-19/h2-14,24H,15H2,1H3. The maximum absolute atomic E-state index is 6.12. The van der Waals surface area contributed by atoms with E-state index < -0.39 is 0 Å². The summed E-state index contributed by atoms with van der Waals surface area (Å²) in [5.74, 6) is 1.51. The highest BCUT2D eigenvalue weighted by molar-refractivity contribution is 6.30. The predicted octanol–water partition coefficient (Wildman–Crippen LogP) is 5.37. The molecule has 0 bridgehead atoms. The van der Waals surface area contributed by atoms with E-state index >= 15 is 0 Å². The van der Waals surface area contributed by atoms with Gasteiger partial charge in [-0.05, 0) is 48.0 Å². The van der Waals surface area contributed by atoms with E-state index in [9.17, 15) is 0 Å². The summed E-state index contributed by atoms with van der Waals surface area (Å²) in [6.45, 7) is 0.422. The van der Waals surface area contributed by atoms with E-state index in [4.69, 9.17) is 21.1 Å². The number of benzene rings is 3. The van der Waals surface area contributed by atoms with Crippen LogP contribution in [0.5, 0.6) is 11.5 Å². The van der Waals surface area contributed by atoms with Gasteiger partial charge in [0.25, 0.3) is 0 Å². The van der Waals surface area contributed by atoms with Crippen LogP contribution in [-0.2, 0) is 6.61 Å². The Morgan fingerprint density at radius 2 is 1.85 bits per heavy atom. The molecule has 0 aliphatic heterocycles. The van der Waals surface area contributed by atoms with Gasteiger partial charge in [-0.25, -0.2) is 0 Å². The molecule has 0 amide bonds. The van der Waals surface area contributed by atoms with Crippen LogP contribution in [0.25, 0.3) is 0 Å². The topological polar surface area (TPSA) is 42.9 Å². The molecule has 5 heteroatoms. The fourth-order valence-electron chi connectivity index (χ4n) is 2.36. The highest BCUT2D eigenvalue weighted by Crippen LogP contribution is 2.23. The zero-order chi connectivity index (χ0) is 18.2. The van der Waals surface area contributed by atoms with Gasteiger partial charge in [-0.15, -0.1) is 0 Å². The minimum atomic E-state index is 0.422. The van der Waals surface area contributed by atoms with Crippen molar-refractivity contribution in [3.05, 3.63) is 88.9 Å². The van der Waals surface area contributed by atoms with Crippen LogP contribution in [0.2, 0.25) is 5.02 Å². The average Bonchev–Trinajstić information content (AvgIpc) is 2.68. The van der Waals surface area contributed by atoms with E-state index in [1.807, 2.05) is 66.7 Å². The Morgan fingerprint density at radius 1 is 1.00 bits per heavy atom. The SMILES string of the molecule is COc1cccc(COc2ccc(Cl)cc2C=NNc2ccccc2)c1. The molecule has 3 rings (SSSR count). The number of hydrazone groups is 1. The Hall–Kier alpha value is -2.98. The second-order valence-electron chi connectivity index (χ2n) is 5.56. The quantitative estimate of drug-likeness (QED) is 0.451. The van der Waals surface area contributed by atoms with Crippen molar-refractivity contribution in [1.29, 1.82) is 0 Å². The van der Waals surface area contributed by atoms with Crippen LogP contribution in [0.4, 0.5) is 5.69 Å². The van der Waals surface area contributed by atoms with Gasteiger partial charge in [0.1, 0.15) is 18.1 Å². The maximum Gasteiger partial charge on any atom is 0.128 e. The van der Waals surface area contributed by atoms with Crippen LogP contribution in [0.1, 0.15) is 11.1 Å². The van der Waals surface area contributed by atoms with Gasteiger partial charge in [0.15, 0.2) is 0 Å². The number of halogens is 1. The van der Waals surface area contributed by atoms with E-state index in [0.717, 1.165) is 22.6 Å². The third-order valence-corrected chi connectivity index (χ3v) is 3.91. The van der Waals surface area contributed by atoms with Gasteiger partial charge in [0.2, 0.25) is 0 Å². The smallest absolute Gasteiger partial charge is 0.128 e. The van der Waals surface area contributed by atoms with Crippen LogP contribution in [-0.4, -0.2) is 13.3 Å². The van der Waals surface area contributed by atoms with Crippen molar-refractivity contribution < 1.29 is 9.47 Å². The number of hydrogen-bond acceptors (Lipinski definition) is 4. The van der Waals surface area contributed by atoms with Gasteiger partial charge in [0, 0.05) is 10.6 Å². The van der Waals surface area contributed by atoms with E-state index in [-0.39, 0.29) is 0 Å². The summed E-state index contributed by atoms with van der Waals surface area (Å²) in [5, 5.41) is 4.89. The summed E-state index contributed by atoms with van der Waals surface area (Å²) in [5.41, 5.74) is 5.70. The molecular formula is C21H19ClN2O2.